The highest BCUT2D eigenvalue weighted by Crippen LogP contribution is 2.31. The van der Waals surface area contributed by atoms with E-state index in [9.17, 15) is 9.90 Å². The van der Waals surface area contributed by atoms with E-state index in [-0.39, 0.29) is 16.7 Å². The van der Waals surface area contributed by atoms with Crippen molar-refractivity contribution in [1.29, 1.82) is 0 Å². The summed E-state index contributed by atoms with van der Waals surface area (Å²) < 4.78 is 5.07. The largest absolute Gasteiger partial charge is 0.504 e. The van der Waals surface area contributed by atoms with E-state index in [1.165, 1.54) is 25.6 Å². The van der Waals surface area contributed by atoms with Crippen LogP contribution in [0.15, 0.2) is 41.5 Å². The maximum absolute atomic E-state index is 11.8. The number of phenolic OH excluding ortho intramolecular Hbond substituents is 1. The summed E-state index contributed by atoms with van der Waals surface area (Å²) in [6.45, 7) is 0. The molecule has 0 spiro atoms. The smallest absolute Gasteiger partial charge is 0.346 e. The van der Waals surface area contributed by atoms with Crippen LogP contribution in [0, 0.1) is 0 Å². The monoisotopic (exact) mass is 330 g/mol. The number of halogens is 1. The van der Waals surface area contributed by atoms with Gasteiger partial charge in [0.15, 0.2) is 11.5 Å². The van der Waals surface area contributed by atoms with E-state index in [4.69, 9.17) is 16.3 Å². The van der Waals surface area contributed by atoms with Gasteiger partial charge >= 0.3 is 5.69 Å². The van der Waals surface area contributed by atoms with Crippen molar-refractivity contribution in [3.05, 3.63) is 52.3 Å². The van der Waals surface area contributed by atoms with E-state index < -0.39 is 5.69 Å². The lowest BCUT2D eigenvalue weighted by Crippen LogP contribution is -2.12. The van der Waals surface area contributed by atoms with Crippen LogP contribution in [-0.2, 0) is 0 Å². The number of aromatic hydroxyl groups is 1. The molecule has 0 saturated carbocycles. The molecule has 0 fully saturated rings. The Morgan fingerprint density at radius 2 is 2.00 bits per heavy atom. The number of ether oxygens (including phenoxy) is 1. The van der Waals surface area contributed by atoms with Crippen molar-refractivity contribution < 1.29 is 9.84 Å². The minimum Gasteiger partial charge on any atom is -0.504 e. The number of methoxy groups -OCH3 is 1. The normalized spacial score (nSPS) is 10.5. The van der Waals surface area contributed by atoms with Crippen LogP contribution < -0.4 is 10.4 Å². The Morgan fingerprint density at radius 3 is 2.74 bits per heavy atom. The van der Waals surface area contributed by atoms with Crippen molar-refractivity contribution in [3.63, 3.8) is 0 Å². The third kappa shape index (κ3) is 3.14. The SMILES string of the molecule is COc1cc(-c2cc(-c3cc(Cl)ncn3)[nH]c(=O)n2)ccc1O. The molecule has 8 heteroatoms. The summed E-state index contributed by atoms with van der Waals surface area (Å²) in [5.41, 5.74) is 1.43. The summed E-state index contributed by atoms with van der Waals surface area (Å²) in [7, 11) is 1.44. The van der Waals surface area contributed by atoms with Crippen molar-refractivity contribution in [2.75, 3.05) is 7.11 Å². The average Bonchev–Trinajstić information content (AvgIpc) is 2.54. The zero-order valence-electron chi connectivity index (χ0n) is 11.9. The third-order valence-electron chi connectivity index (χ3n) is 3.13. The van der Waals surface area contributed by atoms with Crippen LogP contribution >= 0.6 is 11.6 Å². The first-order valence-corrected chi connectivity index (χ1v) is 6.91. The third-order valence-corrected chi connectivity index (χ3v) is 3.34. The first-order chi connectivity index (χ1) is 11.1. The van der Waals surface area contributed by atoms with E-state index in [0.29, 0.717) is 22.6 Å². The molecule has 0 aliphatic rings. The zero-order valence-corrected chi connectivity index (χ0v) is 12.7. The summed E-state index contributed by atoms with van der Waals surface area (Å²) in [5, 5.41) is 9.92. The van der Waals surface area contributed by atoms with Gasteiger partial charge in [-0.1, -0.05) is 11.6 Å². The Hall–Kier alpha value is -2.93. The minimum atomic E-state index is -0.528. The van der Waals surface area contributed by atoms with Gasteiger partial charge in [0.2, 0.25) is 0 Å². The predicted octanol–water partition coefficient (Wildman–Crippen LogP) is 2.26. The van der Waals surface area contributed by atoms with E-state index in [1.807, 2.05) is 0 Å². The molecule has 3 rings (SSSR count). The molecule has 116 valence electrons. The summed E-state index contributed by atoms with van der Waals surface area (Å²) in [4.78, 5) is 26.3. The molecule has 0 amide bonds. The summed E-state index contributed by atoms with van der Waals surface area (Å²) in [6.07, 6.45) is 1.31. The highest BCUT2D eigenvalue weighted by atomic mass is 35.5. The van der Waals surface area contributed by atoms with Gasteiger partial charge in [0.05, 0.1) is 24.2 Å². The van der Waals surface area contributed by atoms with Gasteiger partial charge in [-0.15, -0.1) is 0 Å². The highest BCUT2D eigenvalue weighted by Gasteiger charge is 2.10. The van der Waals surface area contributed by atoms with E-state index in [0.717, 1.165) is 0 Å². The number of nitrogens with zero attached hydrogens (tertiary/aromatic N) is 3. The van der Waals surface area contributed by atoms with E-state index in [1.54, 1.807) is 18.2 Å². The number of hydrogen-bond acceptors (Lipinski definition) is 6. The van der Waals surface area contributed by atoms with Gasteiger partial charge in [-0.3, -0.25) is 0 Å². The molecule has 0 saturated heterocycles. The molecule has 0 aliphatic heterocycles. The first-order valence-electron chi connectivity index (χ1n) is 6.53. The van der Waals surface area contributed by atoms with Crippen molar-refractivity contribution in [1.82, 2.24) is 19.9 Å². The molecule has 23 heavy (non-hydrogen) atoms. The topological polar surface area (TPSA) is 101 Å². The van der Waals surface area contributed by atoms with Crippen molar-refractivity contribution >= 4 is 11.6 Å². The fourth-order valence-electron chi connectivity index (χ4n) is 2.06. The first kappa shape index (κ1) is 15.0. The molecule has 0 aliphatic carbocycles. The Morgan fingerprint density at radius 1 is 1.17 bits per heavy atom. The Balaban J connectivity index is 2.13. The Kier molecular flexibility index (Phi) is 3.94. The van der Waals surface area contributed by atoms with Crippen LogP contribution in [0.3, 0.4) is 0 Å². The van der Waals surface area contributed by atoms with Gasteiger partial charge in [0, 0.05) is 11.6 Å². The second-order valence-corrected chi connectivity index (χ2v) is 4.99. The molecule has 2 heterocycles. The number of aromatic nitrogens is 4. The maximum Gasteiger partial charge on any atom is 0.346 e. The van der Waals surface area contributed by atoms with Gasteiger partial charge < -0.3 is 14.8 Å². The zero-order chi connectivity index (χ0) is 16.4. The maximum atomic E-state index is 11.8. The Labute approximate surface area is 135 Å². The molecule has 2 N–H and O–H groups in total. The van der Waals surface area contributed by atoms with Gasteiger partial charge in [-0.25, -0.2) is 14.8 Å². The van der Waals surface area contributed by atoms with Crippen LogP contribution in [0.5, 0.6) is 11.5 Å². The number of rotatable bonds is 3. The quantitative estimate of drug-likeness (QED) is 0.714. The van der Waals surface area contributed by atoms with Gasteiger partial charge in [-0.2, -0.15) is 4.98 Å². The molecule has 0 radical (unpaired) electrons. The average molecular weight is 331 g/mol. The lowest BCUT2D eigenvalue weighted by Gasteiger charge is -2.07. The molecule has 3 aromatic rings. The molecule has 0 atom stereocenters. The van der Waals surface area contributed by atoms with Gasteiger partial charge in [-0.05, 0) is 24.3 Å². The molecule has 7 nitrogen and oxygen atoms in total. The number of phenols is 1. The second-order valence-electron chi connectivity index (χ2n) is 4.60. The molecular weight excluding hydrogens is 320 g/mol. The molecular formula is C15H11ClN4O3. The fraction of sp³-hybridized carbons (Fsp3) is 0.0667. The molecule has 1 aromatic carbocycles. The standard InChI is InChI=1S/C15H11ClN4O3/c1-23-13-4-8(2-3-12(13)21)9-5-11(20-15(22)19-9)10-6-14(16)18-7-17-10/h2-7,21H,1H3,(H,19,20,22). The van der Waals surface area contributed by atoms with Crippen molar-refractivity contribution in [2.45, 2.75) is 0 Å². The van der Waals surface area contributed by atoms with Gasteiger partial charge in [0.1, 0.15) is 11.5 Å². The van der Waals surface area contributed by atoms with Crippen LogP contribution in [0.1, 0.15) is 0 Å². The fourth-order valence-corrected chi connectivity index (χ4v) is 2.21. The van der Waals surface area contributed by atoms with Crippen LogP contribution in [0.4, 0.5) is 0 Å². The summed E-state index contributed by atoms with van der Waals surface area (Å²) >= 11 is 5.85. The van der Waals surface area contributed by atoms with Crippen LogP contribution in [0.25, 0.3) is 22.6 Å². The van der Waals surface area contributed by atoms with E-state index >= 15 is 0 Å². The summed E-state index contributed by atoms with van der Waals surface area (Å²) in [5.74, 6) is 0.292. The number of H-pyrrole nitrogens is 1. The number of aromatic amines is 1. The molecule has 2 aromatic heterocycles. The predicted molar refractivity (Wildman–Crippen MR) is 84.5 cm³/mol. The van der Waals surface area contributed by atoms with Crippen molar-refractivity contribution in [3.8, 4) is 34.1 Å². The lowest BCUT2D eigenvalue weighted by molar-refractivity contribution is 0.373. The van der Waals surface area contributed by atoms with Crippen molar-refractivity contribution in [2.24, 2.45) is 0 Å². The number of nitrogens with one attached hydrogen (secondary N) is 1. The number of hydrogen-bond donors (Lipinski definition) is 2. The summed E-state index contributed by atoms with van der Waals surface area (Å²) in [6, 6.07) is 7.89. The van der Waals surface area contributed by atoms with E-state index in [2.05, 4.69) is 19.9 Å². The molecule has 0 unspecified atom stereocenters. The second kappa shape index (κ2) is 6.05. The molecule has 0 bridgehead atoms. The Bertz CT molecular complexity index is 927. The van der Waals surface area contributed by atoms with Crippen LogP contribution in [0.2, 0.25) is 5.15 Å². The lowest BCUT2D eigenvalue weighted by atomic mass is 10.1. The van der Waals surface area contributed by atoms with Crippen LogP contribution in [-0.4, -0.2) is 32.2 Å². The minimum absolute atomic E-state index is 0.00361. The van der Waals surface area contributed by atoms with Gasteiger partial charge in [0.25, 0.3) is 0 Å². The highest BCUT2D eigenvalue weighted by molar-refractivity contribution is 6.29. The number of benzene rings is 1.